The number of carbonyl (C=O) groups is 4. The lowest BCUT2D eigenvalue weighted by molar-refractivity contribution is -0.133. The van der Waals surface area contributed by atoms with E-state index in [9.17, 15) is 19.2 Å². The van der Waals surface area contributed by atoms with Gasteiger partial charge in [0.1, 0.15) is 5.78 Å². The molecule has 2 aliphatic heterocycles. The number of rotatable bonds is 14. The zero-order valence-corrected chi connectivity index (χ0v) is 24.4. The summed E-state index contributed by atoms with van der Waals surface area (Å²) in [6, 6.07) is -0.417. The molecule has 0 spiro atoms. The molecule has 2 fully saturated rings. The molecule has 0 aromatic rings. The third-order valence-corrected chi connectivity index (χ3v) is 8.51. The lowest BCUT2D eigenvalue weighted by atomic mass is 9.67. The minimum absolute atomic E-state index is 0.0407. The fraction of sp³-hybridized carbons (Fsp3) is 0.857. The average molecular weight is 509 g/mol. The van der Waals surface area contributed by atoms with Crippen molar-refractivity contribution in [2.75, 3.05) is 7.05 Å². The standard InChI is InChI=1S/C28H48N2O6/c1-17(31)23(2,3)15-25(6,7)19(14-28(11)22(34)36-28)30-20(32)26(8,9)16-24(4,5)18(29-12)13-27(10)21(33)35-27/h18-19,29H,13-16H2,1-12H3,(H,30,32). The van der Waals surface area contributed by atoms with Gasteiger partial charge in [0.2, 0.25) is 17.1 Å². The summed E-state index contributed by atoms with van der Waals surface area (Å²) in [4.78, 5) is 49.7. The zero-order chi connectivity index (χ0) is 28.1. The Morgan fingerprint density at radius 2 is 1.14 bits per heavy atom. The normalized spacial score (nSPS) is 26.0. The van der Waals surface area contributed by atoms with Crippen LogP contribution in [0.5, 0.6) is 0 Å². The molecule has 0 aliphatic carbocycles. The first-order valence-electron chi connectivity index (χ1n) is 13.0. The Labute approximate surface area is 217 Å². The lowest BCUT2D eigenvalue weighted by Crippen LogP contribution is -2.54. The molecular formula is C28H48N2O6. The van der Waals surface area contributed by atoms with E-state index >= 15 is 0 Å². The van der Waals surface area contributed by atoms with E-state index in [1.165, 1.54) is 0 Å². The first kappa shape index (κ1) is 30.3. The predicted molar refractivity (Wildman–Crippen MR) is 138 cm³/mol. The molecule has 2 heterocycles. The molecule has 0 aromatic heterocycles. The summed E-state index contributed by atoms with van der Waals surface area (Å²) >= 11 is 0. The second-order valence-electron chi connectivity index (χ2n) is 14.2. The summed E-state index contributed by atoms with van der Waals surface area (Å²) in [7, 11) is 1.86. The van der Waals surface area contributed by atoms with Crippen LogP contribution >= 0.6 is 0 Å². The number of hydrogen-bond donors (Lipinski definition) is 2. The number of cyclic esters (lactones) is 2. The third-order valence-electron chi connectivity index (χ3n) is 8.51. The van der Waals surface area contributed by atoms with Crippen LogP contribution in [0.1, 0.15) is 102 Å². The van der Waals surface area contributed by atoms with E-state index in [0.717, 1.165) is 0 Å². The fourth-order valence-corrected chi connectivity index (χ4v) is 5.76. The van der Waals surface area contributed by atoms with Crippen LogP contribution in [0.15, 0.2) is 0 Å². The second-order valence-corrected chi connectivity index (χ2v) is 14.2. The smallest absolute Gasteiger partial charge is 0.351 e. The van der Waals surface area contributed by atoms with Gasteiger partial charge in [-0.1, -0.05) is 55.4 Å². The summed E-state index contributed by atoms with van der Waals surface area (Å²) in [6.45, 7) is 21.0. The monoisotopic (exact) mass is 508 g/mol. The Morgan fingerprint density at radius 3 is 1.50 bits per heavy atom. The molecular weight excluding hydrogens is 460 g/mol. The Balaban J connectivity index is 2.22. The van der Waals surface area contributed by atoms with Crippen molar-refractivity contribution in [1.82, 2.24) is 10.6 Å². The van der Waals surface area contributed by atoms with Crippen LogP contribution in [0.4, 0.5) is 0 Å². The number of hydrogen-bond acceptors (Lipinski definition) is 7. The molecule has 8 heteroatoms. The SMILES string of the molecule is CNC(CC1(C)OC1=O)C(C)(C)CC(C)(C)C(=O)NC(CC1(C)OC1=O)C(C)(C)CC(C)(C)C(C)=O. The average Bonchev–Trinajstić information content (AvgIpc) is 3.50. The number of ether oxygens (including phenoxy) is 2. The van der Waals surface area contributed by atoms with Crippen LogP contribution < -0.4 is 10.6 Å². The molecule has 206 valence electrons. The van der Waals surface area contributed by atoms with E-state index in [1.54, 1.807) is 20.8 Å². The molecule has 0 bridgehead atoms. The molecule has 0 radical (unpaired) electrons. The molecule has 2 rings (SSSR count). The summed E-state index contributed by atoms with van der Waals surface area (Å²) in [5, 5.41) is 6.56. The molecule has 8 nitrogen and oxygen atoms in total. The molecule has 2 N–H and O–H groups in total. The summed E-state index contributed by atoms with van der Waals surface area (Å²) in [5.74, 6) is -0.506. The molecule has 4 unspecified atom stereocenters. The maximum Gasteiger partial charge on any atom is 0.351 e. The zero-order valence-electron chi connectivity index (χ0n) is 24.4. The minimum Gasteiger partial charge on any atom is -0.444 e. The minimum atomic E-state index is -0.914. The first-order valence-corrected chi connectivity index (χ1v) is 13.0. The maximum absolute atomic E-state index is 13.7. The van der Waals surface area contributed by atoms with Crippen molar-refractivity contribution in [3.63, 3.8) is 0 Å². The summed E-state index contributed by atoms with van der Waals surface area (Å²) in [5.41, 5.74) is -3.79. The van der Waals surface area contributed by atoms with Crippen LogP contribution in [0.2, 0.25) is 0 Å². The summed E-state index contributed by atoms with van der Waals surface area (Å²) in [6.07, 6.45) is 1.97. The van der Waals surface area contributed by atoms with Gasteiger partial charge in [-0.2, -0.15) is 0 Å². The van der Waals surface area contributed by atoms with E-state index < -0.39 is 27.4 Å². The highest BCUT2D eigenvalue weighted by atomic mass is 16.7. The van der Waals surface area contributed by atoms with Gasteiger partial charge in [-0.3, -0.25) is 9.59 Å². The number of nitrogens with one attached hydrogen (secondary N) is 2. The molecule has 4 atom stereocenters. The van der Waals surface area contributed by atoms with E-state index in [0.29, 0.717) is 25.7 Å². The van der Waals surface area contributed by atoms with Gasteiger partial charge < -0.3 is 20.1 Å². The van der Waals surface area contributed by atoms with Gasteiger partial charge in [-0.05, 0) is 51.5 Å². The number of epoxide rings is 2. The number of Topliss-reactive ketones (excluding diaryl/α,β-unsaturated/α-hetero) is 1. The van der Waals surface area contributed by atoms with E-state index in [-0.39, 0.29) is 41.1 Å². The molecule has 36 heavy (non-hydrogen) atoms. The van der Waals surface area contributed by atoms with Crippen LogP contribution in [0.3, 0.4) is 0 Å². The van der Waals surface area contributed by atoms with Crippen molar-refractivity contribution in [2.24, 2.45) is 21.7 Å². The molecule has 0 saturated carbocycles. The second kappa shape index (κ2) is 9.41. The topological polar surface area (TPSA) is 117 Å². The van der Waals surface area contributed by atoms with Gasteiger partial charge in [0, 0.05) is 35.8 Å². The third kappa shape index (κ3) is 6.67. The van der Waals surface area contributed by atoms with Crippen molar-refractivity contribution in [3.8, 4) is 0 Å². The fourth-order valence-electron chi connectivity index (χ4n) is 5.76. The Kier molecular flexibility index (Phi) is 7.91. The first-order chi connectivity index (χ1) is 16.0. The van der Waals surface area contributed by atoms with Crippen LogP contribution in [0, 0.1) is 21.7 Å². The van der Waals surface area contributed by atoms with Crippen molar-refractivity contribution in [2.45, 2.75) is 125 Å². The van der Waals surface area contributed by atoms with E-state index in [1.807, 2.05) is 48.6 Å². The van der Waals surface area contributed by atoms with Crippen LogP contribution in [-0.2, 0) is 28.7 Å². The van der Waals surface area contributed by atoms with Crippen molar-refractivity contribution < 1.29 is 28.7 Å². The van der Waals surface area contributed by atoms with E-state index in [2.05, 4.69) is 24.5 Å². The quantitative estimate of drug-likeness (QED) is 0.341. The van der Waals surface area contributed by atoms with Gasteiger partial charge in [0.25, 0.3) is 0 Å². The maximum atomic E-state index is 13.7. The number of carbonyl (C=O) groups excluding carboxylic acids is 4. The van der Waals surface area contributed by atoms with Gasteiger partial charge in [0.05, 0.1) is 0 Å². The van der Waals surface area contributed by atoms with Gasteiger partial charge in [0.15, 0.2) is 0 Å². The van der Waals surface area contributed by atoms with E-state index in [4.69, 9.17) is 9.47 Å². The highest BCUT2D eigenvalue weighted by Gasteiger charge is 2.58. The van der Waals surface area contributed by atoms with Crippen molar-refractivity contribution in [3.05, 3.63) is 0 Å². The summed E-state index contributed by atoms with van der Waals surface area (Å²) < 4.78 is 10.5. The van der Waals surface area contributed by atoms with Gasteiger partial charge in [-0.25, -0.2) is 9.59 Å². The van der Waals surface area contributed by atoms with Crippen molar-refractivity contribution >= 4 is 23.6 Å². The highest BCUT2D eigenvalue weighted by Crippen LogP contribution is 2.45. The predicted octanol–water partition coefficient (Wildman–Crippen LogP) is 3.94. The number of amides is 1. The molecule has 2 aliphatic rings. The Bertz CT molecular complexity index is 921. The number of ketones is 1. The van der Waals surface area contributed by atoms with Gasteiger partial charge >= 0.3 is 11.9 Å². The Hall–Kier alpha value is -1.96. The van der Waals surface area contributed by atoms with Crippen molar-refractivity contribution in [1.29, 1.82) is 0 Å². The molecule has 2 saturated heterocycles. The molecule has 1 amide bonds. The van der Waals surface area contributed by atoms with Crippen LogP contribution in [-0.4, -0.2) is 54.0 Å². The highest BCUT2D eigenvalue weighted by molar-refractivity contribution is 5.93. The Morgan fingerprint density at radius 1 is 0.778 bits per heavy atom. The van der Waals surface area contributed by atoms with Gasteiger partial charge in [-0.15, -0.1) is 0 Å². The largest absolute Gasteiger partial charge is 0.444 e. The lowest BCUT2D eigenvalue weighted by Gasteiger charge is -2.43. The molecule has 0 aromatic carbocycles. The van der Waals surface area contributed by atoms with Crippen LogP contribution in [0.25, 0.3) is 0 Å².